The van der Waals surface area contributed by atoms with E-state index in [1.54, 1.807) is 18.2 Å². The van der Waals surface area contributed by atoms with Crippen LogP contribution >= 0.6 is 23.2 Å². The second-order valence-electron chi connectivity index (χ2n) is 4.30. The van der Waals surface area contributed by atoms with E-state index in [0.29, 0.717) is 28.8 Å². The molecule has 0 aliphatic carbocycles. The molecule has 2 aromatic carbocycles. The van der Waals surface area contributed by atoms with Gasteiger partial charge in [0.2, 0.25) is 0 Å². The Bertz CT molecular complexity index is 622. The van der Waals surface area contributed by atoms with E-state index in [-0.39, 0.29) is 5.92 Å². The molecule has 0 aliphatic heterocycles. The molecule has 0 aliphatic rings. The van der Waals surface area contributed by atoms with Crippen LogP contribution < -0.4 is 4.74 Å². The smallest absolute Gasteiger partial charge is 0.120 e. The van der Waals surface area contributed by atoms with E-state index in [2.05, 4.69) is 6.07 Å². The third-order valence-corrected chi connectivity index (χ3v) is 3.49. The SMILES string of the molecule is N#CC(CCOc1cccc(Cl)c1)c1ccccc1Cl. The Labute approximate surface area is 128 Å². The maximum Gasteiger partial charge on any atom is 0.120 e. The van der Waals surface area contributed by atoms with E-state index < -0.39 is 0 Å². The fraction of sp³-hybridized carbons (Fsp3) is 0.188. The van der Waals surface area contributed by atoms with Gasteiger partial charge in [0.15, 0.2) is 0 Å². The Morgan fingerprint density at radius 3 is 2.60 bits per heavy atom. The summed E-state index contributed by atoms with van der Waals surface area (Å²) < 4.78 is 5.60. The van der Waals surface area contributed by atoms with Crippen molar-refractivity contribution in [2.45, 2.75) is 12.3 Å². The fourth-order valence-electron chi connectivity index (χ4n) is 1.90. The number of hydrogen-bond donors (Lipinski definition) is 0. The number of ether oxygens (including phenoxy) is 1. The molecular formula is C16H13Cl2NO. The van der Waals surface area contributed by atoms with Gasteiger partial charge >= 0.3 is 0 Å². The summed E-state index contributed by atoms with van der Waals surface area (Å²) in [6.45, 7) is 0.434. The van der Waals surface area contributed by atoms with Crippen LogP contribution in [0.1, 0.15) is 17.9 Å². The second kappa shape index (κ2) is 7.19. The van der Waals surface area contributed by atoms with E-state index in [0.717, 1.165) is 5.56 Å². The first-order chi connectivity index (χ1) is 9.70. The summed E-state index contributed by atoms with van der Waals surface area (Å²) in [5.41, 5.74) is 0.839. The fourth-order valence-corrected chi connectivity index (χ4v) is 2.35. The minimum atomic E-state index is -0.275. The number of hydrogen-bond acceptors (Lipinski definition) is 2. The lowest BCUT2D eigenvalue weighted by atomic mass is 9.98. The van der Waals surface area contributed by atoms with Crippen LogP contribution in [-0.4, -0.2) is 6.61 Å². The molecule has 4 heteroatoms. The van der Waals surface area contributed by atoms with Crippen LogP contribution in [0.4, 0.5) is 0 Å². The van der Waals surface area contributed by atoms with Crippen molar-refractivity contribution in [3.05, 3.63) is 64.1 Å². The van der Waals surface area contributed by atoms with Gasteiger partial charge in [0, 0.05) is 16.5 Å². The maximum atomic E-state index is 9.26. The molecule has 0 amide bonds. The molecule has 2 rings (SSSR count). The molecule has 0 aromatic heterocycles. The van der Waals surface area contributed by atoms with Crippen molar-refractivity contribution in [2.75, 3.05) is 6.61 Å². The topological polar surface area (TPSA) is 33.0 Å². The molecule has 0 radical (unpaired) electrons. The highest BCUT2D eigenvalue weighted by Crippen LogP contribution is 2.27. The Balaban J connectivity index is 1.96. The molecule has 0 fully saturated rings. The van der Waals surface area contributed by atoms with Gasteiger partial charge in [-0.1, -0.05) is 47.5 Å². The van der Waals surface area contributed by atoms with Gasteiger partial charge in [-0.25, -0.2) is 0 Å². The van der Waals surface area contributed by atoms with Gasteiger partial charge < -0.3 is 4.74 Å². The molecule has 1 atom stereocenters. The van der Waals surface area contributed by atoms with Crippen molar-refractivity contribution in [3.8, 4) is 11.8 Å². The first-order valence-corrected chi connectivity index (χ1v) is 6.98. The largest absolute Gasteiger partial charge is 0.493 e. The van der Waals surface area contributed by atoms with Gasteiger partial charge in [-0.05, 0) is 29.8 Å². The molecule has 0 saturated heterocycles. The summed E-state index contributed by atoms with van der Waals surface area (Å²) in [5.74, 6) is 0.427. The van der Waals surface area contributed by atoms with Crippen molar-refractivity contribution in [2.24, 2.45) is 0 Å². The van der Waals surface area contributed by atoms with Gasteiger partial charge in [-0.15, -0.1) is 0 Å². The molecule has 0 spiro atoms. The Morgan fingerprint density at radius 1 is 1.10 bits per heavy atom. The van der Waals surface area contributed by atoms with Gasteiger partial charge in [0.05, 0.1) is 18.6 Å². The van der Waals surface area contributed by atoms with Crippen LogP contribution in [0.25, 0.3) is 0 Å². The Kier molecular flexibility index (Phi) is 5.29. The summed E-state index contributed by atoms with van der Waals surface area (Å²) in [4.78, 5) is 0. The van der Waals surface area contributed by atoms with Gasteiger partial charge in [0.1, 0.15) is 5.75 Å². The van der Waals surface area contributed by atoms with E-state index >= 15 is 0 Å². The van der Waals surface area contributed by atoms with E-state index in [9.17, 15) is 5.26 Å². The van der Waals surface area contributed by atoms with Gasteiger partial charge in [-0.3, -0.25) is 0 Å². The third-order valence-electron chi connectivity index (χ3n) is 2.91. The summed E-state index contributed by atoms with van der Waals surface area (Å²) in [5, 5.41) is 10.5. The summed E-state index contributed by atoms with van der Waals surface area (Å²) in [6, 6.07) is 16.9. The highest BCUT2D eigenvalue weighted by Gasteiger charge is 2.13. The van der Waals surface area contributed by atoms with Crippen molar-refractivity contribution in [1.82, 2.24) is 0 Å². The molecule has 0 bridgehead atoms. The second-order valence-corrected chi connectivity index (χ2v) is 5.14. The Hall–Kier alpha value is -1.69. The zero-order chi connectivity index (χ0) is 14.4. The highest BCUT2D eigenvalue weighted by molar-refractivity contribution is 6.31. The van der Waals surface area contributed by atoms with E-state index in [1.807, 2.05) is 30.3 Å². The van der Waals surface area contributed by atoms with Crippen LogP contribution in [0.3, 0.4) is 0 Å². The van der Waals surface area contributed by atoms with Gasteiger partial charge in [0.25, 0.3) is 0 Å². The van der Waals surface area contributed by atoms with Crippen molar-refractivity contribution in [1.29, 1.82) is 5.26 Å². The summed E-state index contributed by atoms with van der Waals surface area (Å²) >= 11 is 12.0. The number of halogens is 2. The van der Waals surface area contributed by atoms with Crippen molar-refractivity contribution < 1.29 is 4.74 Å². The van der Waals surface area contributed by atoms with Crippen molar-refractivity contribution in [3.63, 3.8) is 0 Å². The molecule has 2 aromatic rings. The summed E-state index contributed by atoms with van der Waals surface area (Å²) in [7, 11) is 0. The molecule has 20 heavy (non-hydrogen) atoms. The first-order valence-electron chi connectivity index (χ1n) is 6.23. The molecule has 102 valence electrons. The standard InChI is InChI=1S/C16H13Cl2NO/c17-13-4-3-5-14(10-13)20-9-8-12(11-19)15-6-1-2-7-16(15)18/h1-7,10,12H,8-9H2. The first kappa shape index (κ1) is 14.7. The average molecular weight is 306 g/mol. The van der Waals surface area contributed by atoms with E-state index in [4.69, 9.17) is 27.9 Å². The lowest BCUT2D eigenvalue weighted by Crippen LogP contribution is -2.05. The highest BCUT2D eigenvalue weighted by atomic mass is 35.5. The third kappa shape index (κ3) is 3.90. The number of nitrogens with zero attached hydrogens (tertiary/aromatic N) is 1. The molecule has 1 unspecified atom stereocenters. The van der Waals surface area contributed by atoms with Crippen LogP contribution in [0.2, 0.25) is 10.0 Å². The Morgan fingerprint density at radius 2 is 1.90 bits per heavy atom. The number of nitriles is 1. The number of rotatable bonds is 5. The number of benzene rings is 2. The zero-order valence-corrected chi connectivity index (χ0v) is 12.2. The normalized spacial score (nSPS) is 11.7. The maximum absolute atomic E-state index is 9.26. The van der Waals surface area contributed by atoms with Crippen molar-refractivity contribution >= 4 is 23.2 Å². The molecule has 0 N–H and O–H groups in total. The van der Waals surface area contributed by atoms with E-state index in [1.165, 1.54) is 0 Å². The predicted molar refractivity (Wildman–Crippen MR) is 81.4 cm³/mol. The lowest BCUT2D eigenvalue weighted by Gasteiger charge is -2.12. The average Bonchev–Trinajstić information content (AvgIpc) is 2.45. The molecular weight excluding hydrogens is 293 g/mol. The van der Waals surface area contributed by atoms with Crippen LogP contribution in [0, 0.1) is 11.3 Å². The van der Waals surface area contributed by atoms with Gasteiger partial charge in [-0.2, -0.15) is 5.26 Å². The van der Waals surface area contributed by atoms with Crippen LogP contribution in [-0.2, 0) is 0 Å². The predicted octanol–water partition coefficient (Wildman–Crippen LogP) is 5.07. The van der Waals surface area contributed by atoms with Crippen LogP contribution in [0.5, 0.6) is 5.75 Å². The summed E-state index contributed by atoms with van der Waals surface area (Å²) in [6.07, 6.45) is 0.576. The molecule has 0 saturated carbocycles. The lowest BCUT2D eigenvalue weighted by molar-refractivity contribution is 0.306. The zero-order valence-electron chi connectivity index (χ0n) is 10.7. The minimum Gasteiger partial charge on any atom is -0.493 e. The molecule has 2 nitrogen and oxygen atoms in total. The monoisotopic (exact) mass is 305 g/mol. The minimum absolute atomic E-state index is 0.275. The van der Waals surface area contributed by atoms with Crippen LogP contribution in [0.15, 0.2) is 48.5 Å². The molecule has 0 heterocycles. The quantitative estimate of drug-likeness (QED) is 0.772.